The highest BCUT2D eigenvalue weighted by Gasteiger charge is 1.99. The normalized spacial score (nSPS) is 11.3. The second kappa shape index (κ2) is 13.6. The van der Waals surface area contributed by atoms with Crippen molar-refractivity contribution in [3.8, 4) is 5.75 Å². The number of aliphatic imine (C=N–C) groups is 1. The maximum atomic E-state index is 5.83. The third-order valence-corrected chi connectivity index (χ3v) is 4.15. The van der Waals surface area contributed by atoms with E-state index in [4.69, 9.17) is 9.47 Å². The van der Waals surface area contributed by atoms with Gasteiger partial charge in [0.05, 0.1) is 6.54 Å². The highest BCUT2D eigenvalue weighted by Crippen LogP contribution is 2.14. The van der Waals surface area contributed by atoms with Crippen molar-refractivity contribution in [1.29, 1.82) is 0 Å². The maximum Gasteiger partial charge on any atom is 0.191 e. The van der Waals surface area contributed by atoms with E-state index >= 15 is 0 Å². The average molecular weight is 384 g/mol. The first-order chi connectivity index (χ1) is 13.8. The fourth-order valence-electron chi connectivity index (χ4n) is 2.62. The molecular weight excluding hydrogens is 350 g/mol. The lowest BCUT2D eigenvalue weighted by Crippen LogP contribution is -2.37. The molecule has 2 rings (SSSR count). The Balaban J connectivity index is 1.76. The van der Waals surface area contributed by atoms with Crippen LogP contribution in [0.25, 0.3) is 0 Å². The molecule has 0 unspecified atom stereocenters. The average Bonchev–Trinajstić information content (AvgIpc) is 2.74. The Labute approximate surface area is 169 Å². The first kappa shape index (κ1) is 21.8. The summed E-state index contributed by atoms with van der Waals surface area (Å²) in [7, 11) is 0. The van der Waals surface area contributed by atoms with Crippen molar-refractivity contribution in [2.24, 2.45) is 4.99 Å². The van der Waals surface area contributed by atoms with Crippen LogP contribution in [0.1, 0.15) is 37.8 Å². The summed E-state index contributed by atoms with van der Waals surface area (Å²) in [6.45, 7) is 8.66. The number of benzene rings is 2. The van der Waals surface area contributed by atoms with Crippen molar-refractivity contribution in [2.75, 3.05) is 26.3 Å². The predicted octanol–water partition coefficient (Wildman–Crippen LogP) is 4.14. The molecule has 0 fully saturated rings. The lowest BCUT2D eigenvalue weighted by molar-refractivity contribution is 0.143. The minimum atomic E-state index is 0.579. The Morgan fingerprint density at radius 2 is 1.68 bits per heavy atom. The van der Waals surface area contributed by atoms with Gasteiger partial charge >= 0.3 is 0 Å². The van der Waals surface area contributed by atoms with Gasteiger partial charge in [0.1, 0.15) is 12.4 Å². The summed E-state index contributed by atoms with van der Waals surface area (Å²) in [5, 5.41) is 6.66. The molecule has 0 heterocycles. The highest BCUT2D eigenvalue weighted by molar-refractivity contribution is 5.79. The Morgan fingerprint density at radius 1 is 0.893 bits per heavy atom. The van der Waals surface area contributed by atoms with Crippen LogP contribution in [0.3, 0.4) is 0 Å². The molecule has 152 valence electrons. The zero-order chi connectivity index (χ0) is 19.9. The van der Waals surface area contributed by atoms with E-state index in [1.54, 1.807) is 0 Å². The molecule has 0 atom stereocenters. The van der Waals surface area contributed by atoms with Crippen LogP contribution < -0.4 is 15.4 Å². The van der Waals surface area contributed by atoms with Gasteiger partial charge in [-0.1, -0.05) is 42.5 Å². The lowest BCUT2D eigenvalue weighted by atomic mass is 10.2. The van der Waals surface area contributed by atoms with Gasteiger partial charge < -0.3 is 20.1 Å². The molecule has 28 heavy (non-hydrogen) atoms. The van der Waals surface area contributed by atoms with Gasteiger partial charge in [0, 0.05) is 26.3 Å². The molecule has 0 aliphatic rings. The van der Waals surface area contributed by atoms with Crippen molar-refractivity contribution in [2.45, 2.75) is 39.8 Å². The quantitative estimate of drug-likeness (QED) is 0.329. The first-order valence-corrected chi connectivity index (χ1v) is 10.2. The summed E-state index contributed by atoms with van der Waals surface area (Å²) in [5.74, 6) is 1.72. The number of guanidine groups is 1. The molecule has 0 aromatic heterocycles. The number of rotatable bonds is 12. The van der Waals surface area contributed by atoms with Gasteiger partial charge in [-0.3, -0.25) is 0 Å². The third kappa shape index (κ3) is 8.91. The van der Waals surface area contributed by atoms with Crippen molar-refractivity contribution in [3.05, 3.63) is 65.7 Å². The molecule has 0 aliphatic carbocycles. The Kier molecular flexibility index (Phi) is 10.6. The fraction of sp³-hybridized carbons (Fsp3) is 0.435. The van der Waals surface area contributed by atoms with Crippen molar-refractivity contribution >= 4 is 5.96 Å². The van der Waals surface area contributed by atoms with E-state index in [0.717, 1.165) is 56.4 Å². The minimum absolute atomic E-state index is 0.579. The van der Waals surface area contributed by atoms with Gasteiger partial charge in [-0.2, -0.15) is 0 Å². The Bertz CT molecular complexity index is 672. The predicted molar refractivity (Wildman–Crippen MR) is 116 cm³/mol. The van der Waals surface area contributed by atoms with Crippen LogP contribution in [0, 0.1) is 0 Å². The van der Waals surface area contributed by atoms with Crippen LogP contribution in [0.4, 0.5) is 0 Å². The molecule has 0 radical (unpaired) electrons. The molecule has 2 aromatic carbocycles. The first-order valence-electron chi connectivity index (χ1n) is 10.2. The van der Waals surface area contributed by atoms with E-state index in [-0.39, 0.29) is 0 Å². The smallest absolute Gasteiger partial charge is 0.191 e. The van der Waals surface area contributed by atoms with Gasteiger partial charge in [-0.25, -0.2) is 4.99 Å². The molecule has 0 aliphatic heterocycles. The number of hydrogen-bond acceptors (Lipinski definition) is 3. The molecule has 0 amide bonds. The molecule has 2 N–H and O–H groups in total. The molecule has 0 spiro atoms. The molecule has 5 nitrogen and oxygen atoms in total. The summed E-state index contributed by atoms with van der Waals surface area (Å²) in [5.41, 5.74) is 2.32. The standard InChI is InChI=1S/C23H33N3O2/c1-3-24-23(25-16-8-9-17-27-4-2)26-18-20-12-14-22(15-13-20)28-19-21-10-6-5-7-11-21/h5-7,10-15H,3-4,8-9,16-19H2,1-2H3,(H2,24,25,26). The lowest BCUT2D eigenvalue weighted by Gasteiger charge is -2.11. The van der Waals surface area contributed by atoms with E-state index < -0.39 is 0 Å². The topological polar surface area (TPSA) is 54.9 Å². The van der Waals surface area contributed by atoms with Crippen LogP contribution in [0.5, 0.6) is 5.75 Å². The van der Waals surface area contributed by atoms with E-state index in [0.29, 0.717) is 13.2 Å². The molecule has 0 saturated heterocycles. The molecule has 5 heteroatoms. The van der Waals surface area contributed by atoms with Crippen LogP contribution in [0.15, 0.2) is 59.6 Å². The summed E-state index contributed by atoms with van der Waals surface area (Å²) < 4.78 is 11.2. The zero-order valence-corrected chi connectivity index (χ0v) is 17.1. The van der Waals surface area contributed by atoms with Crippen LogP contribution >= 0.6 is 0 Å². The Hall–Kier alpha value is -2.53. The second-order valence-electron chi connectivity index (χ2n) is 6.44. The van der Waals surface area contributed by atoms with Gasteiger partial charge in [0.25, 0.3) is 0 Å². The number of hydrogen-bond donors (Lipinski definition) is 2. The molecule has 0 saturated carbocycles. The van der Waals surface area contributed by atoms with Gasteiger partial charge in [0.15, 0.2) is 5.96 Å². The van der Waals surface area contributed by atoms with Crippen molar-refractivity contribution < 1.29 is 9.47 Å². The van der Waals surface area contributed by atoms with Crippen molar-refractivity contribution in [1.82, 2.24) is 10.6 Å². The molecule has 0 bridgehead atoms. The second-order valence-corrected chi connectivity index (χ2v) is 6.44. The number of nitrogens with zero attached hydrogens (tertiary/aromatic N) is 1. The van der Waals surface area contributed by atoms with E-state index in [1.165, 1.54) is 5.56 Å². The van der Waals surface area contributed by atoms with Crippen LogP contribution in [-0.4, -0.2) is 32.3 Å². The fourth-order valence-corrected chi connectivity index (χ4v) is 2.62. The summed E-state index contributed by atoms with van der Waals surface area (Å²) in [6.07, 6.45) is 2.13. The summed E-state index contributed by atoms with van der Waals surface area (Å²) in [6, 6.07) is 18.3. The van der Waals surface area contributed by atoms with Gasteiger partial charge in [-0.15, -0.1) is 0 Å². The minimum Gasteiger partial charge on any atom is -0.489 e. The van der Waals surface area contributed by atoms with Crippen molar-refractivity contribution in [3.63, 3.8) is 0 Å². The van der Waals surface area contributed by atoms with E-state index in [9.17, 15) is 0 Å². The summed E-state index contributed by atoms with van der Waals surface area (Å²) >= 11 is 0. The maximum absolute atomic E-state index is 5.83. The SMILES string of the molecule is CCNC(=NCc1ccc(OCc2ccccc2)cc1)NCCCCOCC. The van der Waals surface area contributed by atoms with Crippen LogP contribution in [-0.2, 0) is 17.9 Å². The van der Waals surface area contributed by atoms with E-state index in [2.05, 4.69) is 46.8 Å². The van der Waals surface area contributed by atoms with Gasteiger partial charge in [0.2, 0.25) is 0 Å². The molecule has 2 aromatic rings. The summed E-state index contributed by atoms with van der Waals surface area (Å²) in [4.78, 5) is 4.66. The third-order valence-electron chi connectivity index (χ3n) is 4.15. The number of unbranched alkanes of at least 4 members (excludes halogenated alkanes) is 1. The van der Waals surface area contributed by atoms with E-state index in [1.807, 2.05) is 37.3 Å². The van der Waals surface area contributed by atoms with Crippen LogP contribution in [0.2, 0.25) is 0 Å². The van der Waals surface area contributed by atoms with Gasteiger partial charge in [-0.05, 0) is 49.9 Å². The monoisotopic (exact) mass is 383 g/mol. The highest BCUT2D eigenvalue weighted by atomic mass is 16.5. The Morgan fingerprint density at radius 3 is 2.39 bits per heavy atom. The molecular formula is C23H33N3O2. The zero-order valence-electron chi connectivity index (χ0n) is 17.1. The number of ether oxygens (including phenoxy) is 2. The largest absolute Gasteiger partial charge is 0.489 e. The number of nitrogens with one attached hydrogen (secondary N) is 2.